The molecule has 0 saturated carbocycles. The minimum atomic E-state index is -0.350. The van der Waals surface area contributed by atoms with Crippen molar-refractivity contribution in [2.75, 3.05) is 13.1 Å². The van der Waals surface area contributed by atoms with Crippen molar-refractivity contribution in [1.29, 1.82) is 0 Å². The van der Waals surface area contributed by atoms with Crippen molar-refractivity contribution < 1.29 is 9.59 Å². The molecule has 116 valence electrons. The number of carbonyl (C=O) groups excluding carboxylic acids is 2. The molecule has 8 heteroatoms. The summed E-state index contributed by atoms with van der Waals surface area (Å²) < 4.78 is 0. The molecule has 0 unspecified atom stereocenters. The lowest BCUT2D eigenvalue weighted by atomic mass is 10.0. The summed E-state index contributed by atoms with van der Waals surface area (Å²) in [6.07, 6.45) is 2.91. The van der Waals surface area contributed by atoms with Crippen LogP contribution in [0.3, 0.4) is 0 Å². The molecule has 0 bridgehead atoms. The van der Waals surface area contributed by atoms with Crippen molar-refractivity contribution in [3.8, 4) is 0 Å². The third-order valence-electron chi connectivity index (χ3n) is 3.91. The molecule has 1 fully saturated rings. The van der Waals surface area contributed by atoms with Gasteiger partial charge >= 0.3 is 5.69 Å². The average molecular weight is 303 g/mol. The highest BCUT2D eigenvalue weighted by atomic mass is 16.2. The number of pyridine rings is 1. The van der Waals surface area contributed by atoms with Gasteiger partial charge in [-0.3, -0.25) is 14.6 Å². The summed E-state index contributed by atoms with van der Waals surface area (Å²) in [7, 11) is 0. The first-order valence-electron chi connectivity index (χ1n) is 7.17. The first-order valence-corrected chi connectivity index (χ1v) is 7.17. The third kappa shape index (κ3) is 2.85. The van der Waals surface area contributed by atoms with Gasteiger partial charge in [-0.15, -0.1) is 0 Å². The fourth-order valence-corrected chi connectivity index (χ4v) is 2.65. The van der Waals surface area contributed by atoms with E-state index >= 15 is 0 Å². The van der Waals surface area contributed by atoms with E-state index in [1.165, 1.54) is 6.20 Å². The van der Waals surface area contributed by atoms with Crippen LogP contribution in [0, 0.1) is 0 Å². The number of piperidine rings is 1. The number of hydrogen-bond acceptors (Lipinski definition) is 4. The Morgan fingerprint density at radius 3 is 2.73 bits per heavy atom. The highest BCUT2D eigenvalue weighted by Crippen LogP contribution is 2.12. The van der Waals surface area contributed by atoms with Crippen molar-refractivity contribution in [3.05, 3.63) is 28.3 Å². The van der Waals surface area contributed by atoms with E-state index in [-0.39, 0.29) is 23.5 Å². The molecule has 1 aliphatic heterocycles. The van der Waals surface area contributed by atoms with Gasteiger partial charge in [0.25, 0.3) is 5.91 Å². The number of imidazole rings is 1. The summed E-state index contributed by atoms with van der Waals surface area (Å²) in [4.78, 5) is 45.6. The molecule has 0 radical (unpaired) electrons. The van der Waals surface area contributed by atoms with Gasteiger partial charge < -0.3 is 15.2 Å². The molecule has 1 saturated heterocycles. The highest BCUT2D eigenvalue weighted by Gasteiger charge is 2.22. The Kier molecular flexibility index (Phi) is 3.66. The van der Waals surface area contributed by atoms with Crippen molar-refractivity contribution in [2.24, 2.45) is 0 Å². The number of carbonyl (C=O) groups is 2. The summed E-state index contributed by atoms with van der Waals surface area (Å²) >= 11 is 0. The molecule has 0 atom stereocenters. The number of aromatic nitrogens is 3. The minimum Gasteiger partial charge on any atom is -0.349 e. The second kappa shape index (κ2) is 5.63. The largest absolute Gasteiger partial charge is 0.349 e. The van der Waals surface area contributed by atoms with Crippen LogP contribution >= 0.6 is 0 Å². The molecular weight excluding hydrogens is 286 g/mol. The summed E-state index contributed by atoms with van der Waals surface area (Å²) in [6.45, 7) is 2.86. The number of amides is 2. The van der Waals surface area contributed by atoms with Crippen molar-refractivity contribution in [2.45, 2.75) is 25.8 Å². The predicted octanol–water partition coefficient (Wildman–Crippen LogP) is -0.00810. The number of fused-ring (bicyclic) bond motifs is 1. The molecular formula is C14H17N5O3. The van der Waals surface area contributed by atoms with Crippen molar-refractivity contribution >= 4 is 23.0 Å². The van der Waals surface area contributed by atoms with E-state index in [0.717, 1.165) is 12.8 Å². The van der Waals surface area contributed by atoms with Gasteiger partial charge in [0.2, 0.25) is 5.91 Å². The van der Waals surface area contributed by atoms with Crippen LogP contribution in [0.15, 0.2) is 17.1 Å². The van der Waals surface area contributed by atoms with Gasteiger partial charge in [-0.1, -0.05) is 0 Å². The van der Waals surface area contributed by atoms with Crippen LogP contribution in [-0.2, 0) is 4.79 Å². The zero-order valence-electron chi connectivity index (χ0n) is 12.2. The molecule has 8 nitrogen and oxygen atoms in total. The maximum atomic E-state index is 12.2. The van der Waals surface area contributed by atoms with E-state index in [1.807, 2.05) is 0 Å². The zero-order valence-corrected chi connectivity index (χ0v) is 12.2. The SMILES string of the molecule is CC(=O)N1CCC(NC(=O)c2cnc3[nH]c(=O)[nH]c3c2)CC1. The van der Waals surface area contributed by atoms with Gasteiger partial charge in [0.05, 0.1) is 11.1 Å². The van der Waals surface area contributed by atoms with E-state index < -0.39 is 0 Å². The van der Waals surface area contributed by atoms with E-state index in [4.69, 9.17) is 0 Å². The van der Waals surface area contributed by atoms with E-state index in [0.29, 0.717) is 29.8 Å². The summed E-state index contributed by atoms with van der Waals surface area (Å²) in [6, 6.07) is 1.64. The van der Waals surface area contributed by atoms with Crippen molar-refractivity contribution in [3.63, 3.8) is 0 Å². The first-order chi connectivity index (χ1) is 10.5. The molecule has 1 aliphatic rings. The topological polar surface area (TPSA) is 111 Å². The van der Waals surface area contributed by atoms with Gasteiger partial charge in [0.15, 0.2) is 5.65 Å². The molecule has 2 aromatic heterocycles. The van der Waals surface area contributed by atoms with Crippen LogP contribution < -0.4 is 11.0 Å². The second-order valence-electron chi connectivity index (χ2n) is 5.45. The Labute approximate surface area is 125 Å². The van der Waals surface area contributed by atoms with Crippen LogP contribution in [-0.4, -0.2) is 50.8 Å². The monoisotopic (exact) mass is 303 g/mol. The quantitative estimate of drug-likeness (QED) is 0.724. The molecule has 0 aromatic carbocycles. The molecule has 0 aliphatic carbocycles. The Morgan fingerprint density at radius 2 is 2.05 bits per heavy atom. The maximum absolute atomic E-state index is 12.2. The fraction of sp³-hybridized carbons (Fsp3) is 0.429. The number of nitrogens with one attached hydrogen (secondary N) is 3. The number of nitrogens with zero attached hydrogens (tertiary/aromatic N) is 2. The lowest BCUT2D eigenvalue weighted by Crippen LogP contribution is -2.46. The predicted molar refractivity (Wildman–Crippen MR) is 79.5 cm³/mol. The molecule has 2 amide bonds. The Hall–Kier alpha value is -2.64. The normalized spacial score (nSPS) is 16.0. The van der Waals surface area contributed by atoms with Crippen LogP contribution in [0.4, 0.5) is 0 Å². The molecule has 22 heavy (non-hydrogen) atoms. The number of H-pyrrole nitrogens is 2. The van der Waals surface area contributed by atoms with Crippen LogP contribution in [0.25, 0.3) is 11.2 Å². The second-order valence-corrected chi connectivity index (χ2v) is 5.45. The first kappa shape index (κ1) is 14.3. The summed E-state index contributed by atoms with van der Waals surface area (Å²) in [5.74, 6) is -0.159. The molecule has 3 heterocycles. The third-order valence-corrected chi connectivity index (χ3v) is 3.91. The average Bonchev–Trinajstić information content (AvgIpc) is 2.86. The lowest BCUT2D eigenvalue weighted by Gasteiger charge is -2.31. The smallest absolute Gasteiger partial charge is 0.325 e. The molecule has 0 spiro atoms. The van der Waals surface area contributed by atoms with Gasteiger partial charge in [-0.25, -0.2) is 9.78 Å². The fourth-order valence-electron chi connectivity index (χ4n) is 2.65. The maximum Gasteiger partial charge on any atom is 0.325 e. The van der Waals surface area contributed by atoms with Gasteiger partial charge in [0.1, 0.15) is 0 Å². The minimum absolute atomic E-state index is 0.0454. The zero-order chi connectivity index (χ0) is 15.7. The highest BCUT2D eigenvalue weighted by molar-refractivity contribution is 5.96. The van der Waals surface area contributed by atoms with Gasteiger partial charge in [-0.2, -0.15) is 0 Å². The summed E-state index contributed by atoms with van der Waals surface area (Å²) in [5, 5.41) is 2.95. The molecule has 3 rings (SSSR count). The van der Waals surface area contributed by atoms with Crippen LogP contribution in [0.1, 0.15) is 30.1 Å². The number of likely N-dealkylation sites (tertiary alicyclic amines) is 1. The van der Waals surface area contributed by atoms with Gasteiger partial charge in [-0.05, 0) is 18.9 Å². The van der Waals surface area contributed by atoms with E-state index in [1.54, 1.807) is 17.9 Å². The van der Waals surface area contributed by atoms with Crippen molar-refractivity contribution in [1.82, 2.24) is 25.2 Å². The summed E-state index contributed by atoms with van der Waals surface area (Å²) in [5.41, 5.74) is 0.980. The van der Waals surface area contributed by atoms with Gasteiger partial charge in [0, 0.05) is 32.3 Å². The van der Waals surface area contributed by atoms with E-state index in [9.17, 15) is 14.4 Å². The van der Waals surface area contributed by atoms with Crippen LogP contribution in [0.5, 0.6) is 0 Å². The Balaban J connectivity index is 1.66. The number of hydrogen-bond donors (Lipinski definition) is 3. The lowest BCUT2D eigenvalue weighted by molar-refractivity contribution is -0.129. The standard InChI is InChI=1S/C14H17N5O3/c1-8(20)19-4-2-10(3-5-19)16-13(21)9-6-11-12(15-7-9)18-14(22)17-11/h6-7,10H,2-5H2,1H3,(H,16,21)(H2,15,17,18,22). The molecule has 2 aromatic rings. The number of rotatable bonds is 2. The van der Waals surface area contributed by atoms with Crippen LogP contribution in [0.2, 0.25) is 0 Å². The molecule has 3 N–H and O–H groups in total. The Morgan fingerprint density at radius 1 is 1.32 bits per heavy atom. The Bertz CT molecular complexity index is 770. The van der Waals surface area contributed by atoms with E-state index in [2.05, 4.69) is 20.3 Å². The number of aromatic amines is 2.